The molecule has 0 aliphatic heterocycles. The first-order valence-corrected chi connectivity index (χ1v) is 6.07. The van der Waals surface area contributed by atoms with Gasteiger partial charge in [-0.15, -0.1) is 0 Å². The van der Waals surface area contributed by atoms with Crippen LogP contribution in [0.5, 0.6) is 11.6 Å². The molecule has 5 nitrogen and oxygen atoms in total. The van der Waals surface area contributed by atoms with Gasteiger partial charge in [0.15, 0.2) is 0 Å². The van der Waals surface area contributed by atoms with Crippen LogP contribution in [0.4, 0.5) is 5.69 Å². The molecule has 0 spiro atoms. The lowest BCUT2D eigenvalue weighted by Crippen LogP contribution is -1.94. The molecule has 0 fully saturated rings. The van der Waals surface area contributed by atoms with Crippen molar-refractivity contribution in [1.82, 2.24) is 4.98 Å². The number of nitrogens with zero attached hydrogens (tertiary/aromatic N) is 1. The number of nitrogen functional groups attached to an aromatic ring is 1. The number of pyridine rings is 1. The molecule has 0 unspecified atom stereocenters. The van der Waals surface area contributed by atoms with E-state index in [0.717, 1.165) is 11.1 Å². The van der Waals surface area contributed by atoms with Crippen molar-refractivity contribution in [2.75, 3.05) is 5.73 Å². The first kappa shape index (κ1) is 13.6. The Labute approximate surface area is 117 Å². The molecule has 0 bridgehead atoms. The zero-order valence-electron chi connectivity index (χ0n) is 11.1. The molecule has 1 aromatic carbocycles. The summed E-state index contributed by atoms with van der Waals surface area (Å²) in [5.74, 6) is 1.15. The molecule has 2 aromatic rings. The lowest BCUT2D eigenvalue weighted by Gasteiger charge is -2.07. The quantitative estimate of drug-likeness (QED) is 0.742. The van der Waals surface area contributed by atoms with Gasteiger partial charge in [-0.25, -0.2) is 4.98 Å². The lowest BCUT2D eigenvalue weighted by atomic mass is 10.1. The molecule has 5 N–H and O–H groups in total. The summed E-state index contributed by atoms with van der Waals surface area (Å²) in [5, 5.41) is 7.25. The number of nitrogens with one attached hydrogen (secondary N) is 1. The van der Waals surface area contributed by atoms with Gasteiger partial charge in [0, 0.05) is 24.1 Å². The zero-order chi connectivity index (χ0) is 14.5. The van der Waals surface area contributed by atoms with E-state index < -0.39 is 0 Å². The number of ether oxygens (including phenoxy) is 1. The highest BCUT2D eigenvalue weighted by Gasteiger charge is 2.03. The van der Waals surface area contributed by atoms with Crippen molar-refractivity contribution in [3.63, 3.8) is 0 Å². The molecule has 0 saturated carbocycles. The fourth-order valence-corrected chi connectivity index (χ4v) is 1.66. The Morgan fingerprint density at radius 2 is 2.00 bits per heavy atom. The van der Waals surface area contributed by atoms with E-state index in [1.807, 2.05) is 19.1 Å². The number of rotatable bonds is 4. The molecule has 0 radical (unpaired) electrons. The molecule has 2 rings (SSSR count). The number of aryl methyl sites for hydroxylation is 1. The molecule has 0 amide bonds. The average Bonchev–Trinajstić information content (AvgIpc) is 2.46. The van der Waals surface area contributed by atoms with Crippen molar-refractivity contribution in [2.45, 2.75) is 6.92 Å². The van der Waals surface area contributed by atoms with E-state index in [4.69, 9.17) is 21.6 Å². The van der Waals surface area contributed by atoms with Crippen LogP contribution in [0.15, 0.2) is 42.7 Å². The van der Waals surface area contributed by atoms with Gasteiger partial charge in [0.05, 0.1) is 11.9 Å². The van der Waals surface area contributed by atoms with Gasteiger partial charge < -0.3 is 21.6 Å². The molecular weight excluding hydrogens is 252 g/mol. The van der Waals surface area contributed by atoms with Gasteiger partial charge in [-0.05, 0) is 30.2 Å². The first-order chi connectivity index (χ1) is 9.63. The largest absolute Gasteiger partial charge is 0.439 e. The lowest BCUT2D eigenvalue weighted by molar-refractivity contribution is 0.462. The number of anilines is 1. The third kappa shape index (κ3) is 2.95. The minimum Gasteiger partial charge on any atom is -0.439 e. The molecule has 20 heavy (non-hydrogen) atoms. The predicted molar refractivity (Wildman–Crippen MR) is 80.9 cm³/mol. The predicted octanol–water partition coefficient (Wildman–Crippen LogP) is 2.71. The Morgan fingerprint density at radius 3 is 2.55 bits per heavy atom. The van der Waals surface area contributed by atoms with E-state index in [0.29, 0.717) is 22.9 Å². The minimum atomic E-state index is 0.492. The van der Waals surface area contributed by atoms with E-state index >= 15 is 0 Å². The zero-order valence-corrected chi connectivity index (χ0v) is 11.1. The second-order valence-corrected chi connectivity index (χ2v) is 4.27. The molecule has 1 heterocycles. The fourth-order valence-electron chi connectivity index (χ4n) is 1.66. The maximum absolute atomic E-state index is 7.25. The van der Waals surface area contributed by atoms with Gasteiger partial charge in [0.25, 0.3) is 0 Å². The third-order valence-electron chi connectivity index (χ3n) is 2.87. The van der Waals surface area contributed by atoms with Gasteiger partial charge in [0.2, 0.25) is 5.88 Å². The van der Waals surface area contributed by atoms with Crippen molar-refractivity contribution >= 4 is 17.5 Å². The van der Waals surface area contributed by atoms with E-state index in [1.54, 1.807) is 24.4 Å². The third-order valence-corrected chi connectivity index (χ3v) is 2.87. The van der Waals surface area contributed by atoms with Crippen LogP contribution < -0.4 is 16.2 Å². The Morgan fingerprint density at radius 1 is 1.30 bits per heavy atom. The van der Waals surface area contributed by atoms with E-state index in [-0.39, 0.29) is 0 Å². The summed E-state index contributed by atoms with van der Waals surface area (Å²) >= 11 is 0. The number of nitrogens with two attached hydrogens (primary N) is 2. The fraction of sp³-hybridized carbons (Fsp3) is 0.0667. The Balaban J connectivity index is 2.18. The van der Waals surface area contributed by atoms with Crippen molar-refractivity contribution in [3.8, 4) is 11.6 Å². The maximum atomic E-state index is 7.25. The Kier molecular flexibility index (Phi) is 4.00. The molecule has 0 aliphatic rings. The SMILES string of the molecule is Cc1cc(Oc2ccc(/C(C=N)=C/N)cc2)ncc1N. The molecule has 0 saturated heterocycles. The Bertz CT molecular complexity index is 647. The summed E-state index contributed by atoms with van der Waals surface area (Å²) in [4.78, 5) is 4.11. The summed E-state index contributed by atoms with van der Waals surface area (Å²) in [7, 11) is 0. The normalized spacial score (nSPS) is 11.2. The number of hydrogen-bond donors (Lipinski definition) is 3. The summed E-state index contributed by atoms with van der Waals surface area (Å²) in [6, 6.07) is 9.06. The molecule has 0 aliphatic carbocycles. The molecule has 102 valence electrons. The monoisotopic (exact) mass is 268 g/mol. The molecular formula is C15H16N4O. The van der Waals surface area contributed by atoms with Crippen LogP contribution in [0.3, 0.4) is 0 Å². The number of benzene rings is 1. The molecule has 1 aromatic heterocycles. The van der Waals surface area contributed by atoms with Gasteiger partial charge in [0.1, 0.15) is 5.75 Å². The van der Waals surface area contributed by atoms with Crippen LogP contribution in [0, 0.1) is 12.3 Å². The summed E-state index contributed by atoms with van der Waals surface area (Å²) in [5.41, 5.74) is 14.2. The highest BCUT2D eigenvalue weighted by Crippen LogP contribution is 2.23. The summed E-state index contributed by atoms with van der Waals surface area (Å²) < 4.78 is 5.64. The van der Waals surface area contributed by atoms with Crippen molar-refractivity contribution in [2.24, 2.45) is 5.73 Å². The van der Waals surface area contributed by atoms with Crippen molar-refractivity contribution < 1.29 is 4.74 Å². The maximum Gasteiger partial charge on any atom is 0.219 e. The van der Waals surface area contributed by atoms with Crippen molar-refractivity contribution in [3.05, 3.63) is 53.9 Å². The van der Waals surface area contributed by atoms with Crippen LogP contribution >= 0.6 is 0 Å². The number of allylic oxidation sites excluding steroid dienone is 1. The van der Waals surface area contributed by atoms with Crippen LogP contribution in [-0.4, -0.2) is 11.2 Å². The first-order valence-electron chi connectivity index (χ1n) is 6.07. The smallest absolute Gasteiger partial charge is 0.219 e. The standard InChI is InChI=1S/C15H16N4O/c1-10-6-15(19-9-14(10)18)20-13-4-2-11(3-5-13)12(7-16)8-17/h2-9,16H,17-18H2,1H3/b12-8+,16-7?. The van der Waals surface area contributed by atoms with Gasteiger partial charge in [-0.3, -0.25) is 0 Å². The minimum absolute atomic E-state index is 0.492. The number of aromatic nitrogens is 1. The van der Waals surface area contributed by atoms with Crippen LogP contribution in [0.1, 0.15) is 11.1 Å². The second-order valence-electron chi connectivity index (χ2n) is 4.27. The Hall–Kier alpha value is -2.82. The van der Waals surface area contributed by atoms with E-state index in [1.165, 1.54) is 12.4 Å². The van der Waals surface area contributed by atoms with E-state index in [9.17, 15) is 0 Å². The highest BCUT2D eigenvalue weighted by molar-refractivity contribution is 6.08. The summed E-state index contributed by atoms with van der Waals surface area (Å²) in [6.07, 6.45) is 4.18. The van der Waals surface area contributed by atoms with Crippen molar-refractivity contribution in [1.29, 1.82) is 5.41 Å². The van der Waals surface area contributed by atoms with Crippen LogP contribution in [-0.2, 0) is 0 Å². The summed E-state index contributed by atoms with van der Waals surface area (Å²) in [6.45, 7) is 1.90. The molecule has 0 atom stereocenters. The van der Waals surface area contributed by atoms with Gasteiger partial charge >= 0.3 is 0 Å². The van der Waals surface area contributed by atoms with Crippen LogP contribution in [0.2, 0.25) is 0 Å². The highest BCUT2D eigenvalue weighted by atomic mass is 16.5. The van der Waals surface area contributed by atoms with Gasteiger partial charge in [-0.1, -0.05) is 12.1 Å². The van der Waals surface area contributed by atoms with E-state index in [2.05, 4.69) is 4.98 Å². The van der Waals surface area contributed by atoms with Gasteiger partial charge in [-0.2, -0.15) is 0 Å². The topological polar surface area (TPSA) is 98.0 Å². The second kappa shape index (κ2) is 5.88. The van der Waals surface area contributed by atoms with Crippen LogP contribution in [0.25, 0.3) is 5.57 Å². The average molecular weight is 268 g/mol. The number of hydrogen-bond acceptors (Lipinski definition) is 5. The molecule has 5 heteroatoms.